The number of hydrazine groups is 1. The van der Waals surface area contributed by atoms with E-state index in [9.17, 15) is 0 Å². The molecule has 1 fully saturated rings. The second-order valence-electron chi connectivity index (χ2n) is 4.72. The third-order valence-electron chi connectivity index (χ3n) is 3.48. The number of hydrogen-bond acceptors (Lipinski definition) is 6. The number of aromatic nitrogens is 2. The fourth-order valence-corrected chi connectivity index (χ4v) is 2.27. The molecule has 6 nitrogen and oxygen atoms in total. The zero-order chi connectivity index (χ0) is 13.1. The SMILES string of the molecule is CCc1c(C)nc(N2CCN(C)CC2)nc1NN. The number of piperazine rings is 1. The van der Waals surface area contributed by atoms with Crippen molar-refractivity contribution >= 4 is 11.8 Å². The Morgan fingerprint density at radius 1 is 1.22 bits per heavy atom. The topological polar surface area (TPSA) is 70.3 Å². The minimum absolute atomic E-state index is 0.749. The molecule has 3 N–H and O–H groups in total. The smallest absolute Gasteiger partial charge is 0.227 e. The molecule has 0 radical (unpaired) electrons. The molecule has 0 bridgehead atoms. The molecule has 0 aromatic carbocycles. The number of rotatable bonds is 3. The van der Waals surface area contributed by atoms with Gasteiger partial charge in [0.15, 0.2) is 0 Å². The number of nitrogens with zero attached hydrogens (tertiary/aromatic N) is 4. The lowest BCUT2D eigenvalue weighted by atomic mass is 10.2. The van der Waals surface area contributed by atoms with Crippen LogP contribution in [0, 0.1) is 6.92 Å². The van der Waals surface area contributed by atoms with E-state index in [4.69, 9.17) is 5.84 Å². The highest BCUT2D eigenvalue weighted by Crippen LogP contribution is 2.20. The highest BCUT2D eigenvalue weighted by Gasteiger charge is 2.18. The Bertz CT molecular complexity index is 411. The van der Waals surface area contributed by atoms with Gasteiger partial charge in [-0.05, 0) is 20.4 Å². The predicted octanol–water partition coefficient (Wildman–Crippen LogP) is 0.385. The zero-order valence-corrected chi connectivity index (χ0v) is 11.4. The summed E-state index contributed by atoms with van der Waals surface area (Å²) in [6.45, 7) is 8.12. The van der Waals surface area contributed by atoms with Gasteiger partial charge in [0.25, 0.3) is 0 Å². The molecule has 1 aliphatic rings. The van der Waals surface area contributed by atoms with Crippen molar-refractivity contribution in [2.45, 2.75) is 20.3 Å². The van der Waals surface area contributed by atoms with E-state index in [1.165, 1.54) is 0 Å². The molecule has 0 aliphatic carbocycles. The molecule has 6 heteroatoms. The molecule has 100 valence electrons. The highest BCUT2D eigenvalue weighted by atomic mass is 15.3. The quantitative estimate of drug-likeness (QED) is 0.597. The van der Waals surface area contributed by atoms with Gasteiger partial charge in [0.2, 0.25) is 5.95 Å². The van der Waals surface area contributed by atoms with Crippen molar-refractivity contribution < 1.29 is 0 Å². The van der Waals surface area contributed by atoms with Crippen LogP contribution in [0.2, 0.25) is 0 Å². The van der Waals surface area contributed by atoms with Gasteiger partial charge in [0.1, 0.15) is 5.82 Å². The lowest BCUT2D eigenvalue weighted by Gasteiger charge is -2.32. The molecule has 0 unspecified atom stereocenters. The van der Waals surface area contributed by atoms with Crippen LogP contribution in [-0.2, 0) is 6.42 Å². The minimum atomic E-state index is 0.749. The molecule has 0 saturated carbocycles. The Morgan fingerprint density at radius 2 is 1.89 bits per heavy atom. The fraction of sp³-hybridized carbons (Fsp3) is 0.667. The van der Waals surface area contributed by atoms with E-state index in [0.29, 0.717) is 0 Å². The van der Waals surface area contributed by atoms with E-state index in [0.717, 1.165) is 55.6 Å². The lowest BCUT2D eigenvalue weighted by molar-refractivity contribution is 0.311. The first-order chi connectivity index (χ1) is 8.65. The molecule has 1 aromatic heterocycles. The molecule has 2 rings (SSSR count). The average molecular weight is 250 g/mol. The summed E-state index contributed by atoms with van der Waals surface area (Å²) >= 11 is 0. The van der Waals surface area contributed by atoms with Crippen LogP contribution in [-0.4, -0.2) is 48.1 Å². The Balaban J connectivity index is 2.26. The van der Waals surface area contributed by atoms with Crippen molar-refractivity contribution in [3.63, 3.8) is 0 Å². The summed E-state index contributed by atoms with van der Waals surface area (Å²) in [5, 5.41) is 0. The molecule has 18 heavy (non-hydrogen) atoms. The van der Waals surface area contributed by atoms with Crippen LogP contribution in [0.3, 0.4) is 0 Å². The first-order valence-electron chi connectivity index (χ1n) is 6.43. The van der Waals surface area contributed by atoms with Crippen molar-refractivity contribution in [2.75, 3.05) is 43.6 Å². The van der Waals surface area contributed by atoms with Gasteiger partial charge in [-0.3, -0.25) is 0 Å². The molecule has 0 spiro atoms. The zero-order valence-electron chi connectivity index (χ0n) is 11.4. The lowest BCUT2D eigenvalue weighted by Crippen LogP contribution is -2.45. The summed E-state index contributed by atoms with van der Waals surface area (Å²) in [6.07, 6.45) is 0.883. The van der Waals surface area contributed by atoms with Crippen LogP contribution in [0.5, 0.6) is 0 Å². The van der Waals surface area contributed by atoms with E-state index in [-0.39, 0.29) is 0 Å². The largest absolute Gasteiger partial charge is 0.338 e. The van der Waals surface area contributed by atoms with Crippen LogP contribution in [0.4, 0.5) is 11.8 Å². The predicted molar refractivity (Wildman–Crippen MR) is 73.7 cm³/mol. The Labute approximate surface area is 108 Å². The normalized spacial score (nSPS) is 17.0. The van der Waals surface area contributed by atoms with Crippen molar-refractivity contribution in [2.24, 2.45) is 5.84 Å². The summed E-state index contributed by atoms with van der Waals surface area (Å²) in [7, 11) is 2.14. The van der Waals surface area contributed by atoms with Gasteiger partial charge < -0.3 is 15.2 Å². The molecular weight excluding hydrogens is 228 g/mol. The highest BCUT2D eigenvalue weighted by molar-refractivity contribution is 5.50. The van der Waals surface area contributed by atoms with Crippen LogP contribution in [0.25, 0.3) is 0 Å². The molecule has 0 amide bonds. The van der Waals surface area contributed by atoms with Gasteiger partial charge in [0.05, 0.1) is 0 Å². The summed E-state index contributed by atoms with van der Waals surface area (Å²) in [6, 6.07) is 0. The van der Waals surface area contributed by atoms with Gasteiger partial charge in [-0.25, -0.2) is 10.8 Å². The molecule has 0 atom stereocenters. The Morgan fingerprint density at radius 3 is 2.44 bits per heavy atom. The van der Waals surface area contributed by atoms with Gasteiger partial charge in [-0.2, -0.15) is 4.98 Å². The number of anilines is 2. The van der Waals surface area contributed by atoms with Crippen molar-refractivity contribution in [3.8, 4) is 0 Å². The molecule has 1 saturated heterocycles. The van der Waals surface area contributed by atoms with Crippen LogP contribution in [0.1, 0.15) is 18.2 Å². The van der Waals surface area contributed by atoms with Gasteiger partial charge in [0, 0.05) is 37.4 Å². The number of nitrogens with two attached hydrogens (primary N) is 1. The summed E-state index contributed by atoms with van der Waals surface area (Å²) < 4.78 is 0. The first-order valence-corrected chi connectivity index (χ1v) is 6.43. The Kier molecular flexibility index (Phi) is 3.98. The number of likely N-dealkylation sites (N-methyl/N-ethyl adjacent to an activating group) is 1. The van der Waals surface area contributed by atoms with Crippen LogP contribution < -0.4 is 16.2 Å². The number of nitrogens with one attached hydrogen (secondary N) is 1. The van der Waals surface area contributed by atoms with Crippen LogP contribution >= 0.6 is 0 Å². The average Bonchev–Trinajstić information content (AvgIpc) is 2.38. The Hall–Kier alpha value is -1.40. The summed E-state index contributed by atoms with van der Waals surface area (Å²) in [5.74, 6) is 7.08. The molecular formula is C12H22N6. The number of nitrogen functional groups attached to an aromatic ring is 1. The summed E-state index contributed by atoms with van der Waals surface area (Å²) in [4.78, 5) is 13.7. The van der Waals surface area contributed by atoms with Gasteiger partial charge in [-0.15, -0.1) is 0 Å². The van der Waals surface area contributed by atoms with E-state index in [1.807, 2.05) is 6.92 Å². The van der Waals surface area contributed by atoms with E-state index >= 15 is 0 Å². The van der Waals surface area contributed by atoms with Crippen molar-refractivity contribution in [3.05, 3.63) is 11.3 Å². The van der Waals surface area contributed by atoms with E-state index in [1.54, 1.807) is 0 Å². The van der Waals surface area contributed by atoms with E-state index in [2.05, 4.69) is 39.2 Å². The van der Waals surface area contributed by atoms with Crippen LogP contribution in [0.15, 0.2) is 0 Å². The fourth-order valence-electron chi connectivity index (χ4n) is 2.27. The van der Waals surface area contributed by atoms with Gasteiger partial charge in [-0.1, -0.05) is 6.92 Å². The maximum absolute atomic E-state index is 5.55. The number of aryl methyl sites for hydroxylation is 1. The van der Waals surface area contributed by atoms with Crippen molar-refractivity contribution in [1.82, 2.24) is 14.9 Å². The third kappa shape index (κ3) is 2.54. The number of hydrogen-bond donors (Lipinski definition) is 2. The third-order valence-corrected chi connectivity index (χ3v) is 3.48. The second kappa shape index (κ2) is 5.49. The van der Waals surface area contributed by atoms with Gasteiger partial charge >= 0.3 is 0 Å². The monoisotopic (exact) mass is 250 g/mol. The maximum atomic E-state index is 5.55. The minimum Gasteiger partial charge on any atom is -0.338 e. The van der Waals surface area contributed by atoms with Crippen molar-refractivity contribution in [1.29, 1.82) is 0 Å². The molecule has 2 heterocycles. The molecule has 1 aromatic rings. The maximum Gasteiger partial charge on any atom is 0.227 e. The van der Waals surface area contributed by atoms with E-state index < -0.39 is 0 Å². The molecule has 1 aliphatic heterocycles. The summed E-state index contributed by atoms with van der Waals surface area (Å²) in [5.41, 5.74) is 4.79. The first kappa shape index (κ1) is 13.0. The standard InChI is InChI=1S/C12H22N6/c1-4-10-9(2)14-12(15-11(10)16-13)18-7-5-17(3)6-8-18/h4-8,13H2,1-3H3,(H,14,15,16). The second-order valence-corrected chi connectivity index (χ2v) is 4.72.